The molecular formula is C13H16ClN3OS. The van der Waals surface area contributed by atoms with Gasteiger partial charge in [0.15, 0.2) is 0 Å². The van der Waals surface area contributed by atoms with Crippen LogP contribution in [-0.2, 0) is 5.41 Å². The number of oxazole rings is 1. The Kier molecular flexibility index (Phi) is 3.87. The quantitative estimate of drug-likeness (QED) is 0.778. The van der Waals surface area contributed by atoms with Gasteiger partial charge in [0.2, 0.25) is 0 Å². The predicted octanol–water partition coefficient (Wildman–Crippen LogP) is 4.18. The average Bonchev–Trinajstić information content (AvgIpc) is 2.55. The standard InChI is InChI=1S/C13H16ClN3OS/c1-7-8(2)18-12(15-7)19-10-6-9(14)16-11(17-10)13(3,4)5/h6H,1-5H3. The van der Waals surface area contributed by atoms with Crippen LogP contribution in [0.1, 0.15) is 38.0 Å². The van der Waals surface area contributed by atoms with Gasteiger partial charge < -0.3 is 4.42 Å². The van der Waals surface area contributed by atoms with Crippen molar-refractivity contribution in [2.24, 2.45) is 0 Å². The zero-order valence-corrected chi connectivity index (χ0v) is 13.2. The van der Waals surface area contributed by atoms with Crippen LogP contribution in [0.15, 0.2) is 20.7 Å². The molecule has 0 atom stereocenters. The molecule has 4 nitrogen and oxygen atoms in total. The maximum absolute atomic E-state index is 6.04. The Morgan fingerprint density at radius 3 is 2.37 bits per heavy atom. The highest BCUT2D eigenvalue weighted by atomic mass is 35.5. The monoisotopic (exact) mass is 297 g/mol. The molecule has 0 radical (unpaired) electrons. The lowest BCUT2D eigenvalue weighted by molar-refractivity contribution is 0.430. The SMILES string of the molecule is Cc1nc(Sc2cc(Cl)nc(C(C)(C)C)n2)oc1C. The molecule has 19 heavy (non-hydrogen) atoms. The summed E-state index contributed by atoms with van der Waals surface area (Å²) in [6.45, 7) is 9.95. The molecule has 2 aromatic rings. The molecule has 102 valence electrons. The highest BCUT2D eigenvalue weighted by Crippen LogP contribution is 2.30. The number of nitrogens with zero attached hydrogens (tertiary/aromatic N) is 3. The van der Waals surface area contributed by atoms with Crippen LogP contribution in [0.3, 0.4) is 0 Å². The molecule has 0 aliphatic rings. The molecule has 6 heteroatoms. The molecule has 2 aromatic heterocycles. The number of halogens is 1. The lowest BCUT2D eigenvalue weighted by Gasteiger charge is -2.16. The average molecular weight is 298 g/mol. The maximum Gasteiger partial charge on any atom is 0.262 e. The van der Waals surface area contributed by atoms with Gasteiger partial charge in [-0.1, -0.05) is 32.4 Å². The fraction of sp³-hybridized carbons (Fsp3) is 0.462. The first-order valence-corrected chi connectivity index (χ1v) is 7.12. The van der Waals surface area contributed by atoms with Gasteiger partial charge >= 0.3 is 0 Å². The Labute approximate surface area is 122 Å². The first-order chi connectivity index (χ1) is 8.75. The Hall–Kier alpha value is -1.07. The molecule has 0 aliphatic heterocycles. The number of hydrogen-bond acceptors (Lipinski definition) is 5. The van der Waals surface area contributed by atoms with Gasteiger partial charge in [-0.2, -0.15) is 0 Å². The highest BCUT2D eigenvalue weighted by Gasteiger charge is 2.19. The van der Waals surface area contributed by atoms with Crippen molar-refractivity contribution in [2.75, 3.05) is 0 Å². The van der Waals surface area contributed by atoms with Crippen LogP contribution >= 0.6 is 23.4 Å². The van der Waals surface area contributed by atoms with Crippen LogP contribution in [0.4, 0.5) is 0 Å². The van der Waals surface area contributed by atoms with Crippen molar-refractivity contribution < 1.29 is 4.42 Å². The summed E-state index contributed by atoms with van der Waals surface area (Å²) >= 11 is 7.40. The van der Waals surface area contributed by atoms with Crippen LogP contribution < -0.4 is 0 Å². The van der Waals surface area contributed by atoms with Crippen molar-refractivity contribution in [3.05, 3.63) is 28.5 Å². The van der Waals surface area contributed by atoms with E-state index in [1.807, 2.05) is 34.6 Å². The Morgan fingerprint density at radius 2 is 1.84 bits per heavy atom. The molecule has 0 spiro atoms. The fourth-order valence-corrected chi connectivity index (χ4v) is 2.44. The van der Waals surface area contributed by atoms with E-state index >= 15 is 0 Å². The van der Waals surface area contributed by atoms with E-state index in [1.165, 1.54) is 11.8 Å². The van der Waals surface area contributed by atoms with Crippen molar-refractivity contribution in [3.63, 3.8) is 0 Å². The predicted molar refractivity (Wildman–Crippen MR) is 75.8 cm³/mol. The van der Waals surface area contributed by atoms with Crippen LogP contribution in [0, 0.1) is 13.8 Å². The van der Waals surface area contributed by atoms with Crippen LogP contribution in [0.5, 0.6) is 0 Å². The molecule has 0 fully saturated rings. The Bertz CT molecular complexity index is 585. The van der Waals surface area contributed by atoms with Crippen molar-refractivity contribution in [1.82, 2.24) is 15.0 Å². The summed E-state index contributed by atoms with van der Waals surface area (Å²) in [6.07, 6.45) is 0. The van der Waals surface area contributed by atoms with Gasteiger partial charge in [-0.25, -0.2) is 15.0 Å². The maximum atomic E-state index is 6.04. The van der Waals surface area contributed by atoms with E-state index in [2.05, 4.69) is 15.0 Å². The van der Waals surface area contributed by atoms with Crippen LogP contribution in [0.2, 0.25) is 5.15 Å². The van der Waals surface area contributed by atoms with Crippen LogP contribution in [0.25, 0.3) is 0 Å². The topological polar surface area (TPSA) is 51.8 Å². The molecule has 0 amide bonds. The summed E-state index contributed by atoms with van der Waals surface area (Å²) in [6, 6.07) is 1.72. The second-order valence-corrected chi connectivity index (χ2v) is 6.68. The fourth-order valence-electron chi connectivity index (χ4n) is 1.36. The number of rotatable bonds is 2. The lowest BCUT2D eigenvalue weighted by atomic mass is 9.96. The van der Waals surface area contributed by atoms with E-state index in [0.717, 1.165) is 16.5 Å². The summed E-state index contributed by atoms with van der Waals surface area (Å²) in [7, 11) is 0. The van der Waals surface area contributed by atoms with Crippen molar-refractivity contribution >= 4 is 23.4 Å². The molecule has 0 saturated carbocycles. The smallest absolute Gasteiger partial charge is 0.262 e. The minimum atomic E-state index is -0.150. The van der Waals surface area contributed by atoms with E-state index in [0.29, 0.717) is 16.2 Å². The Balaban J connectivity index is 2.32. The molecule has 2 rings (SSSR count). The van der Waals surface area contributed by atoms with Gasteiger partial charge in [-0.15, -0.1) is 0 Å². The molecule has 0 aliphatic carbocycles. The third kappa shape index (κ3) is 3.48. The molecule has 0 unspecified atom stereocenters. The minimum Gasteiger partial charge on any atom is -0.436 e. The summed E-state index contributed by atoms with van der Waals surface area (Å²) in [5.41, 5.74) is 0.738. The van der Waals surface area contributed by atoms with E-state index < -0.39 is 0 Å². The van der Waals surface area contributed by atoms with Crippen molar-refractivity contribution in [1.29, 1.82) is 0 Å². The van der Waals surface area contributed by atoms with Gasteiger partial charge in [0.1, 0.15) is 21.8 Å². The third-order valence-corrected chi connectivity index (χ3v) is 3.50. The summed E-state index contributed by atoms with van der Waals surface area (Å²) in [4.78, 5) is 13.1. The molecule has 2 heterocycles. The molecule has 0 bridgehead atoms. The van der Waals surface area contributed by atoms with Crippen molar-refractivity contribution in [3.8, 4) is 0 Å². The largest absolute Gasteiger partial charge is 0.436 e. The summed E-state index contributed by atoms with van der Waals surface area (Å²) in [5.74, 6) is 1.53. The van der Waals surface area contributed by atoms with Crippen LogP contribution in [-0.4, -0.2) is 15.0 Å². The molecule has 0 N–H and O–H groups in total. The van der Waals surface area contributed by atoms with E-state index in [4.69, 9.17) is 16.0 Å². The zero-order chi connectivity index (χ0) is 14.2. The first-order valence-electron chi connectivity index (χ1n) is 5.92. The van der Waals surface area contributed by atoms with E-state index in [9.17, 15) is 0 Å². The molecule has 0 aromatic carbocycles. The number of aryl methyl sites for hydroxylation is 2. The van der Waals surface area contributed by atoms with Gasteiger partial charge in [0.05, 0.1) is 5.69 Å². The zero-order valence-electron chi connectivity index (χ0n) is 11.6. The number of aromatic nitrogens is 3. The highest BCUT2D eigenvalue weighted by molar-refractivity contribution is 7.99. The van der Waals surface area contributed by atoms with Gasteiger partial charge in [0.25, 0.3) is 5.22 Å². The number of hydrogen-bond donors (Lipinski definition) is 0. The summed E-state index contributed by atoms with van der Waals surface area (Å²) < 4.78 is 5.53. The second kappa shape index (κ2) is 5.13. The molecular weight excluding hydrogens is 282 g/mol. The van der Waals surface area contributed by atoms with Gasteiger partial charge in [-0.05, 0) is 25.6 Å². The van der Waals surface area contributed by atoms with E-state index in [-0.39, 0.29) is 5.41 Å². The van der Waals surface area contributed by atoms with Crippen molar-refractivity contribution in [2.45, 2.75) is 50.3 Å². The summed E-state index contributed by atoms with van der Waals surface area (Å²) in [5, 5.41) is 1.75. The van der Waals surface area contributed by atoms with Gasteiger partial charge in [-0.3, -0.25) is 0 Å². The lowest BCUT2D eigenvalue weighted by Crippen LogP contribution is -2.16. The van der Waals surface area contributed by atoms with E-state index in [1.54, 1.807) is 6.07 Å². The first kappa shape index (κ1) is 14.3. The minimum absolute atomic E-state index is 0.150. The molecule has 0 saturated heterocycles. The van der Waals surface area contributed by atoms with Gasteiger partial charge in [0, 0.05) is 11.5 Å². The normalized spacial score (nSPS) is 11.9. The second-order valence-electron chi connectivity index (χ2n) is 5.33. The Morgan fingerprint density at radius 1 is 1.16 bits per heavy atom. The third-order valence-electron chi connectivity index (χ3n) is 2.54.